The van der Waals surface area contributed by atoms with Gasteiger partial charge in [0, 0.05) is 12.1 Å². The minimum Gasteiger partial charge on any atom is -0.321 e. The van der Waals surface area contributed by atoms with Gasteiger partial charge in [-0.05, 0) is 43.2 Å². The molecule has 1 aliphatic heterocycles. The number of carbonyl (C=O) groups is 1. The van der Waals surface area contributed by atoms with E-state index in [1.54, 1.807) is 0 Å². The number of amides is 1. The quantitative estimate of drug-likeness (QED) is 0.774. The summed E-state index contributed by atoms with van der Waals surface area (Å²) in [6, 6.07) is 8.56. The zero-order valence-corrected chi connectivity index (χ0v) is 16.0. The second-order valence-electron chi connectivity index (χ2n) is 6.26. The van der Waals surface area contributed by atoms with E-state index in [9.17, 15) is 26.4 Å². The minimum absolute atomic E-state index is 0.00264. The van der Waals surface area contributed by atoms with Crippen LogP contribution in [0.2, 0.25) is 5.02 Å². The van der Waals surface area contributed by atoms with E-state index in [4.69, 9.17) is 11.6 Å². The standard InChI is InChI=1S/C18H16ClF3N2O3S/c19-14-8-7-12(11-16(14)24-9-3-4-10-28(24,26)27)17(25)23-15-6-2-1-5-13(15)18(20,21)22/h1-2,5-8,11H,3-4,9-10H2,(H,23,25). The van der Waals surface area contributed by atoms with Gasteiger partial charge in [0.1, 0.15) is 0 Å². The predicted molar refractivity (Wildman–Crippen MR) is 101 cm³/mol. The van der Waals surface area contributed by atoms with Gasteiger partial charge in [-0.1, -0.05) is 23.7 Å². The number of nitrogens with zero attached hydrogens (tertiary/aromatic N) is 1. The third kappa shape index (κ3) is 4.25. The van der Waals surface area contributed by atoms with Crippen LogP contribution in [-0.4, -0.2) is 26.6 Å². The largest absolute Gasteiger partial charge is 0.418 e. The fraction of sp³-hybridized carbons (Fsp3) is 0.278. The molecule has 0 spiro atoms. The molecule has 0 radical (unpaired) electrons. The molecule has 3 rings (SSSR count). The molecule has 0 bridgehead atoms. The van der Waals surface area contributed by atoms with Crippen molar-refractivity contribution in [2.75, 3.05) is 21.9 Å². The number of anilines is 2. The van der Waals surface area contributed by atoms with Crippen molar-refractivity contribution in [1.82, 2.24) is 0 Å². The van der Waals surface area contributed by atoms with Crippen LogP contribution in [0, 0.1) is 0 Å². The highest BCUT2D eigenvalue weighted by Crippen LogP contribution is 2.35. The zero-order valence-electron chi connectivity index (χ0n) is 14.5. The Morgan fingerprint density at radius 1 is 1.11 bits per heavy atom. The number of carbonyl (C=O) groups excluding carboxylic acids is 1. The monoisotopic (exact) mass is 432 g/mol. The van der Waals surface area contributed by atoms with Crippen molar-refractivity contribution in [2.24, 2.45) is 0 Å². The van der Waals surface area contributed by atoms with Crippen molar-refractivity contribution < 1.29 is 26.4 Å². The molecule has 0 unspecified atom stereocenters. The van der Waals surface area contributed by atoms with E-state index in [0.717, 1.165) is 16.4 Å². The lowest BCUT2D eigenvalue weighted by molar-refractivity contribution is -0.136. The van der Waals surface area contributed by atoms with Crippen LogP contribution >= 0.6 is 11.6 Å². The molecule has 5 nitrogen and oxygen atoms in total. The van der Waals surface area contributed by atoms with Gasteiger partial charge in [-0.3, -0.25) is 9.10 Å². The lowest BCUT2D eigenvalue weighted by atomic mass is 10.1. The van der Waals surface area contributed by atoms with Crippen LogP contribution in [0.3, 0.4) is 0 Å². The van der Waals surface area contributed by atoms with Crippen LogP contribution in [0.15, 0.2) is 42.5 Å². The normalized spacial score (nSPS) is 16.6. The van der Waals surface area contributed by atoms with E-state index < -0.39 is 27.7 Å². The van der Waals surface area contributed by atoms with Crippen LogP contribution in [0.5, 0.6) is 0 Å². The first-order valence-electron chi connectivity index (χ1n) is 8.37. The summed E-state index contributed by atoms with van der Waals surface area (Å²) in [5.74, 6) is -0.831. The van der Waals surface area contributed by atoms with Crippen LogP contribution < -0.4 is 9.62 Å². The van der Waals surface area contributed by atoms with Crippen molar-refractivity contribution in [3.8, 4) is 0 Å². The maximum Gasteiger partial charge on any atom is 0.418 e. The summed E-state index contributed by atoms with van der Waals surface area (Å²) >= 11 is 6.12. The molecule has 10 heteroatoms. The number of sulfonamides is 1. The summed E-state index contributed by atoms with van der Waals surface area (Å²) in [6.45, 7) is 0.226. The average Bonchev–Trinajstić information content (AvgIpc) is 2.61. The molecule has 1 amide bonds. The van der Waals surface area contributed by atoms with Gasteiger partial charge in [-0.15, -0.1) is 0 Å². The van der Waals surface area contributed by atoms with Gasteiger partial charge in [-0.25, -0.2) is 8.42 Å². The van der Waals surface area contributed by atoms with E-state index in [1.807, 2.05) is 0 Å². The molecule has 2 aromatic rings. The third-order valence-electron chi connectivity index (χ3n) is 4.31. The van der Waals surface area contributed by atoms with Gasteiger partial charge in [0.25, 0.3) is 5.91 Å². The van der Waals surface area contributed by atoms with Gasteiger partial charge < -0.3 is 5.32 Å². The summed E-state index contributed by atoms with van der Waals surface area (Å²) in [5, 5.41) is 2.37. The first-order valence-corrected chi connectivity index (χ1v) is 10.4. The van der Waals surface area contributed by atoms with E-state index in [2.05, 4.69) is 5.32 Å². The molecule has 1 heterocycles. The van der Waals surface area contributed by atoms with Gasteiger partial charge in [-0.2, -0.15) is 13.2 Å². The number of alkyl halides is 3. The number of para-hydroxylation sites is 1. The lowest BCUT2D eigenvalue weighted by Crippen LogP contribution is -2.38. The Morgan fingerprint density at radius 3 is 2.50 bits per heavy atom. The Morgan fingerprint density at radius 2 is 1.82 bits per heavy atom. The Kier molecular flexibility index (Phi) is 5.58. The molecule has 2 aromatic carbocycles. The van der Waals surface area contributed by atoms with Crippen LogP contribution in [0.1, 0.15) is 28.8 Å². The molecule has 0 aromatic heterocycles. The van der Waals surface area contributed by atoms with Crippen molar-refractivity contribution in [2.45, 2.75) is 19.0 Å². The van der Waals surface area contributed by atoms with Crippen LogP contribution in [-0.2, 0) is 16.2 Å². The van der Waals surface area contributed by atoms with Gasteiger partial charge in [0.15, 0.2) is 0 Å². The molecular formula is C18H16ClF3N2O3S. The van der Waals surface area contributed by atoms with Crippen LogP contribution in [0.25, 0.3) is 0 Å². The zero-order chi connectivity index (χ0) is 20.5. The van der Waals surface area contributed by atoms with Crippen molar-refractivity contribution in [3.05, 3.63) is 58.6 Å². The second kappa shape index (κ2) is 7.63. The molecule has 1 aliphatic rings. The highest BCUT2D eigenvalue weighted by Gasteiger charge is 2.34. The van der Waals surface area contributed by atoms with Gasteiger partial charge >= 0.3 is 6.18 Å². The van der Waals surface area contributed by atoms with Crippen molar-refractivity contribution in [1.29, 1.82) is 0 Å². The number of hydrogen-bond donors (Lipinski definition) is 1. The SMILES string of the molecule is O=C(Nc1ccccc1C(F)(F)F)c1ccc(Cl)c(N2CCCCS2(=O)=O)c1. The minimum atomic E-state index is -4.63. The molecule has 1 N–H and O–H groups in total. The number of hydrogen-bond acceptors (Lipinski definition) is 3. The molecular weight excluding hydrogens is 417 g/mol. The summed E-state index contributed by atoms with van der Waals surface area (Å²) in [7, 11) is -3.56. The summed E-state index contributed by atoms with van der Waals surface area (Å²) < 4.78 is 65.1. The molecule has 0 aliphatic carbocycles. The fourth-order valence-electron chi connectivity index (χ4n) is 2.94. The Hall–Kier alpha value is -2.26. The van der Waals surface area contributed by atoms with Crippen LogP contribution in [0.4, 0.5) is 24.5 Å². The average molecular weight is 433 g/mol. The molecule has 0 saturated carbocycles. The van der Waals surface area contributed by atoms with Crippen molar-refractivity contribution in [3.63, 3.8) is 0 Å². The molecule has 1 saturated heterocycles. The van der Waals surface area contributed by atoms with E-state index in [1.165, 1.54) is 30.3 Å². The molecule has 28 heavy (non-hydrogen) atoms. The Labute approximate surface area is 165 Å². The molecule has 1 fully saturated rings. The molecule has 150 valence electrons. The molecule has 0 atom stereocenters. The van der Waals surface area contributed by atoms with E-state index >= 15 is 0 Å². The summed E-state index contributed by atoms with van der Waals surface area (Å²) in [4.78, 5) is 12.5. The Balaban J connectivity index is 1.93. The number of halogens is 4. The highest BCUT2D eigenvalue weighted by molar-refractivity contribution is 7.92. The van der Waals surface area contributed by atoms with Crippen molar-refractivity contribution >= 4 is 38.9 Å². The topological polar surface area (TPSA) is 66.5 Å². The van der Waals surface area contributed by atoms with E-state index in [0.29, 0.717) is 12.8 Å². The van der Waals surface area contributed by atoms with E-state index in [-0.39, 0.29) is 34.3 Å². The fourth-order valence-corrected chi connectivity index (χ4v) is 4.86. The number of nitrogens with one attached hydrogen (secondary N) is 1. The number of benzene rings is 2. The predicted octanol–water partition coefficient (Wildman–Crippen LogP) is 4.54. The first kappa shape index (κ1) is 20.5. The maximum atomic E-state index is 13.1. The Bertz CT molecular complexity index is 1010. The first-order chi connectivity index (χ1) is 13.1. The third-order valence-corrected chi connectivity index (χ3v) is 6.48. The smallest absolute Gasteiger partial charge is 0.321 e. The van der Waals surface area contributed by atoms with Gasteiger partial charge in [0.2, 0.25) is 10.0 Å². The lowest BCUT2D eigenvalue weighted by Gasteiger charge is -2.29. The highest BCUT2D eigenvalue weighted by atomic mass is 35.5. The maximum absolute atomic E-state index is 13.1. The summed E-state index contributed by atoms with van der Waals surface area (Å²) in [5.41, 5.74) is -1.23. The second-order valence-corrected chi connectivity index (χ2v) is 8.68. The number of rotatable bonds is 3. The summed E-state index contributed by atoms with van der Waals surface area (Å²) in [6.07, 6.45) is -3.45. The van der Waals surface area contributed by atoms with Gasteiger partial charge in [0.05, 0.1) is 27.7 Å².